The van der Waals surface area contributed by atoms with Gasteiger partial charge in [0.1, 0.15) is 0 Å². The number of rotatable bonds is 1. The first-order valence-corrected chi connectivity index (χ1v) is 7.19. The van der Waals surface area contributed by atoms with E-state index in [-0.39, 0.29) is 0 Å². The predicted octanol–water partition coefficient (Wildman–Crippen LogP) is 3.41. The summed E-state index contributed by atoms with van der Waals surface area (Å²) < 4.78 is 0. The van der Waals surface area contributed by atoms with Gasteiger partial charge in [-0.2, -0.15) is 0 Å². The van der Waals surface area contributed by atoms with E-state index in [0.29, 0.717) is 5.25 Å². The lowest BCUT2D eigenvalue weighted by molar-refractivity contribution is 1.14. The Hall–Kier alpha value is -0.860. The fourth-order valence-electron chi connectivity index (χ4n) is 1.88. The zero-order chi connectivity index (χ0) is 10.8. The van der Waals surface area contributed by atoms with Gasteiger partial charge < -0.3 is 0 Å². The van der Waals surface area contributed by atoms with Crippen molar-refractivity contribution in [1.29, 1.82) is 0 Å². The molecule has 0 aromatic heterocycles. The van der Waals surface area contributed by atoms with Crippen molar-refractivity contribution in [3.05, 3.63) is 64.3 Å². The van der Waals surface area contributed by atoms with Gasteiger partial charge in [-0.3, -0.25) is 0 Å². The van der Waals surface area contributed by atoms with E-state index < -0.39 is 0 Å². The van der Waals surface area contributed by atoms with Crippen LogP contribution in [0.3, 0.4) is 0 Å². The summed E-state index contributed by atoms with van der Waals surface area (Å²) in [5.41, 5.74) is 2.87. The molecule has 2 heteroatoms. The van der Waals surface area contributed by atoms with Crippen LogP contribution in [0, 0.1) is 5.75 Å². The van der Waals surface area contributed by atoms with Gasteiger partial charge in [-0.05, 0) is 34.3 Å². The van der Waals surface area contributed by atoms with Crippen molar-refractivity contribution in [3.63, 3.8) is 0 Å². The Morgan fingerprint density at radius 3 is 2.88 bits per heavy atom. The second kappa shape index (κ2) is 4.56. The number of hydrogen-bond donors (Lipinski definition) is 0. The third-order valence-electron chi connectivity index (χ3n) is 2.74. The first-order chi connectivity index (χ1) is 7.93. The van der Waals surface area contributed by atoms with Crippen molar-refractivity contribution >= 4 is 28.5 Å². The van der Waals surface area contributed by atoms with Gasteiger partial charge in [0.2, 0.25) is 0 Å². The molecule has 1 unspecified atom stereocenters. The molecule has 0 aromatic carbocycles. The first-order valence-electron chi connectivity index (χ1n) is 5.37. The number of hydrogen-bond acceptors (Lipinski definition) is 1. The van der Waals surface area contributed by atoms with Crippen LogP contribution < -0.4 is 0 Å². The largest absolute Gasteiger partial charge is 0.165 e. The van der Waals surface area contributed by atoms with Gasteiger partial charge in [-0.15, -0.1) is 11.8 Å². The van der Waals surface area contributed by atoms with Crippen LogP contribution in [0.25, 0.3) is 0 Å². The Balaban J connectivity index is 1.83. The van der Waals surface area contributed by atoms with Crippen molar-refractivity contribution in [2.24, 2.45) is 0 Å². The molecule has 3 rings (SSSR count). The highest BCUT2D eigenvalue weighted by Crippen LogP contribution is 2.36. The normalized spacial score (nSPS) is 27.0. The standard InChI is InChI=1S/C14H12S2/c1-2-6-11(5-1)13-9-15-10-14(16-13)12-7-3-4-8-12/h1-7,9-10,14H,8H2. The number of thioether (sulfide) groups is 1. The molecular weight excluding hydrogens is 232 g/mol. The summed E-state index contributed by atoms with van der Waals surface area (Å²) in [7, 11) is 0. The summed E-state index contributed by atoms with van der Waals surface area (Å²) in [6.07, 6.45) is 16.3. The minimum Gasteiger partial charge on any atom is -0.141 e. The first kappa shape index (κ1) is 10.3. The topological polar surface area (TPSA) is 0 Å². The van der Waals surface area contributed by atoms with Crippen LogP contribution in [0.2, 0.25) is 0 Å². The van der Waals surface area contributed by atoms with Crippen LogP contribution in [0.4, 0.5) is 0 Å². The highest BCUT2D eigenvalue weighted by molar-refractivity contribution is 8.07. The molecule has 80 valence electrons. The van der Waals surface area contributed by atoms with E-state index in [1.54, 1.807) is 0 Å². The van der Waals surface area contributed by atoms with Crippen LogP contribution in [-0.2, 0) is 11.4 Å². The monoisotopic (exact) mass is 244 g/mol. The molecule has 2 aliphatic carbocycles. The second-order valence-electron chi connectivity index (χ2n) is 3.84. The molecule has 0 saturated carbocycles. The van der Waals surface area contributed by atoms with Crippen molar-refractivity contribution in [2.45, 2.75) is 11.7 Å². The molecular formula is C14H12S2. The summed E-state index contributed by atoms with van der Waals surface area (Å²) >= 11 is 3.78. The smallest absolute Gasteiger partial charge is 0.141 e. The summed E-state index contributed by atoms with van der Waals surface area (Å²) in [5, 5.41) is 2.79. The van der Waals surface area contributed by atoms with Crippen LogP contribution in [-0.4, -0.2) is 10.6 Å². The van der Waals surface area contributed by atoms with Crippen LogP contribution in [0.15, 0.2) is 58.6 Å². The molecule has 1 atom stereocenters. The van der Waals surface area contributed by atoms with E-state index >= 15 is 0 Å². The molecule has 1 heterocycles. The van der Waals surface area contributed by atoms with E-state index in [4.69, 9.17) is 0 Å². The van der Waals surface area contributed by atoms with Crippen LogP contribution in [0.1, 0.15) is 6.42 Å². The van der Waals surface area contributed by atoms with E-state index in [1.165, 1.54) is 16.1 Å². The van der Waals surface area contributed by atoms with Crippen molar-refractivity contribution in [3.8, 4) is 0 Å². The maximum atomic E-state index is 2.33. The molecule has 0 saturated heterocycles. The molecule has 0 nitrogen and oxygen atoms in total. The summed E-state index contributed by atoms with van der Waals surface area (Å²) in [4.78, 5) is 1.40. The summed E-state index contributed by atoms with van der Waals surface area (Å²) in [6.45, 7) is 0. The zero-order valence-corrected chi connectivity index (χ0v) is 10.4. The molecule has 0 aromatic rings. The molecule has 1 aliphatic heterocycles. The molecule has 0 N–H and O–H groups in total. The Bertz CT molecular complexity index is 459. The summed E-state index contributed by atoms with van der Waals surface area (Å²) in [6, 6.07) is 0. The van der Waals surface area contributed by atoms with Crippen LogP contribution in [0.5, 0.6) is 0 Å². The summed E-state index contributed by atoms with van der Waals surface area (Å²) in [5.74, 6) is 2.33. The minimum absolute atomic E-state index is 0.537. The molecule has 0 fully saturated rings. The average molecular weight is 244 g/mol. The molecule has 0 radical (unpaired) electrons. The fourth-order valence-corrected chi connectivity index (χ4v) is 4.21. The third-order valence-corrected chi connectivity index (χ3v) is 5.17. The maximum absolute atomic E-state index is 2.33. The molecule has 0 amide bonds. The number of allylic oxidation sites excluding steroid dienone is 9. The van der Waals surface area contributed by atoms with Gasteiger partial charge in [-0.25, -0.2) is 0 Å². The van der Waals surface area contributed by atoms with E-state index in [0.717, 1.165) is 6.42 Å². The Labute approximate surface area is 104 Å². The van der Waals surface area contributed by atoms with Gasteiger partial charge in [0, 0.05) is 0 Å². The average Bonchev–Trinajstić information content (AvgIpc) is 3.03. The van der Waals surface area contributed by atoms with Crippen LogP contribution >= 0.6 is 11.8 Å². The van der Waals surface area contributed by atoms with E-state index in [2.05, 4.69) is 53.7 Å². The SMILES string of the molecule is C1=CCC(C2[CH-][S+]=CC(=C3C=CC=C3)S2)=C1. The quantitative estimate of drug-likeness (QED) is 0.295. The molecule has 3 aliphatic rings. The van der Waals surface area contributed by atoms with E-state index in [9.17, 15) is 0 Å². The van der Waals surface area contributed by atoms with Crippen molar-refractivity contribution in [1.82, 2.24) is 0 Å². The molecule has 16 heavy (non-hydrogen) atoms. The van der Waals surface area contributed by atoms with Crippen molar-refractivity contribution in [2.75, 3.05) is 0 Å². The lowest BCUT2D eigenvalue weighted by atomic mass is 10.2. The molecule has 0 spiro atoms. The van der Waals surface area contributed by atoms with E-state index in [1.807, 2.05) is 23.1 Å². The Morgan fingerprint density at radius 1 is 1.25 bits per heavy atom. The maximum Gasteiger partial charge on any atom is 0.165 e. The zero-order valence-electron chi connectivity index (χ0n) is 8.80. The Kier molecular flexibility index (Phi) is 2.94. The lowest BCUT2D eigenvalue weighted by Gasteiger charge is -2.22. The minimum atomic E-state index is 0.537. The fraction of sp³-hybridized carbons (Fsp3) is 0.143. The van der Waals surface area contributed by atoms with Gasteiger partial charge >= 0.3 is 0 Å². The molecule has 0 bridgehead atoms. The predicted molar refractivity (Wildman–Crippen MR) is 76.3 cm³/mol. The highest BCUT2D eigenvalue weighted by atomic mass is 32.2. The Morgan fingerprint density at radius 2 is 2.12 bits per heavy atom. The van der Waals surface area contributed by atoms with Gasteiger partial charge in [0.15, 0.2) is 5.37 Å². The highest BCUT2D eigenvalue weighted by Gasteiger charge is 2.19. The second-order valence-corrected chi connectivity index (χ2v) is 5.80. The van der Waals surface area contributed by atoms with Gasteiger partial charge in [-0.1, -0.05) is 48.1 Å². The van der Waals surface area contributed by atoms with Gasteiger partial charge in [0.05, 0.1) is 4.91 Å². The lowest BCUT2D eigenvalue weighted by Crippen LogP contribution is -2.11. The van der Waals surface area contributed by atoms with Gasteiger partial charge in [0.25, 0.3) is 0 Å². The third kappa shape index (κ3) is 2.00. The van der Waals surface area contributed by atoms with Crippen molar-refractivity contribution < 1.29 is 0 Å².